The van der Waals surface area contributed by atoms with E-state index >= 15 is 0 Å². The van der Waals surface area contributed by atoms with Crippen molar-refractivity contribution in [2.24, 2.45) is 0 Å². The van der Waals surface area contributed by atoms with E-state index in [1.165, 1.54) is 0 Å². The maximum atomic E-state index is 9.66. The van der Waals surface area contributed by atoms with E-state index in [9.17, 15) is 5.11 Å². The summed E-state index contributed by atoms with van der Waals surface area (Å²) in [6, 6.07) is 13.3. The van der Waals surface area contributed by atoms with Gasteiger partial charge in [0, 0.05) is 12.2 Å². The molecule has 0 aliphatic carbocycles. The predicted octanol–water partition coefficient (Wildman–Crippen LogP) is 2.65. The second kappa shape index (κ2) is 7.50. The lowest BCUT2D eigenvalue weighted by atomic mass is 10.3. The number of hydrogen-bond donors (Lipinski definition) is 2. The SMILES string of the molecule is Cc1ccc(O)c(CNCCCOc2ccccc2)n1. The number of ether oxygens (including phenoxy) is 1. The number of hydrogen-bond acceptors (Lipinski definition) is 4. The first kappa shape index (κ1) is 14.3. The van der Waals surface area contributed by atoms with Crippen molar-refractivity contribution in [3.8, 4) is 11.5 Å². The summed E-state index contributed by atoms with van der Waals surface area (Å²) in [4.78, 5) is 4.29. The lowest BCUT2D eigenvalue weighted by Crippen LogP contribution is -2.18. The number of rotatable bonds is 7. The van der Waals surface area contributed by atoms with Gasteiger partial charge in [0.1, 0.15) is 11.5 Å². The highest BCUT2D eigenvalue weighted by molar-refractivity contribution is 5.27. The Morgan fingerprint density at radius 1 is 1.15 bits per heavy atom. The van der Waals surface area contributed by atoms with E-state index in [4.69, 9.17) is 4.74 Å². The molecule has 0 saturated heterocycles. The number of para-hydroxylation sites is 1. The van der Waals surface area contributed by atoms with Crippen molar-refractivity contribution in [1.29, 1.82) is 0 Å². The van der Waals surface area contributed by atoms with Gasteiger partial charge in [0.2, 0.25) is 0 Å². The average Bonchev–Trinajstić information content (AvgIpc) is 2.47. The molecule has 1 heterocycles. The number of pyridine rings is 1. The normalized spacial score (nSPS) is 10.4. The van der Waals surface area contributed by atoms with Gasteiger partial charge in [-0.25, -0.2) is 0 Å². The van der Waals surface area contributed by atoms with Gasteiger partial charge in [0.05, 0.1) is 12.3 Å². The summed E-state index contributed by atoms with van der Waals surface area (Å²) in [6.07, 6.45) is 0.904. The Bertz CT molecular complexity index is 529. The second-order valence-electron chi connectivity index (χ2n) is 4.61. The van der Waals surface area contributed by atoms with Crippen LogP contribution in [0, 0.1) is 6.92 Å². The van der Waals surface area contributed by atoms with Crippen molar-refractivity contribution in [1.82, 2.24) is 10.3 Å². The van der Waals surface area contributed by atoms with E-state index in [-0.39, 0.29) is 5.75 Å². The van der Waals surface area contributed by atoms with Crippen LogP contribution in [-0.2, 0) is 6.54 Å². The Labute approximate surface area is 119 Å². The van der Waals surface area contributed by atoms with Crippen LogP contribution in [0.1, 0.15) is 17.8 Å². The van der Waals surface area contributed by atoms with Crippen molar-refractivity contribution in [2.45, 2.75) is 19.9 Å². The molecule has 0 bridgehead atoms. The average molecular weight is 272 g/mol. The van der Waals surface area contributed by atoms with Gasteiger partial charge in [-0.1, -0.05) is 18.2 Å². The number of aromatic nitrogens is 1. The van der Waals surface area contributed by atoms with E-state index in [0.29, 0.717) is 18.8 Å². The highest BCUT2D eigenvalue weighted by Gasteiger charge is 2.02. The number of benzene rings is 1. The van der Waals surface area contributed by atoms with Gasteiger partial charge in [-0.2, -0.15) is 0 Å². The summed E-state index contributed by atoms with van der Waals surface area (Å²) in [5.74, 6) is 1.13. The molecule has 0 aliphatic heterocycles. The van der Waals surface area contributed by atoms with Crippen LogP contribution < -0.4 is 10.1 Å². The fourth-order valence-corrected chi connectivity index (χ4v) is 1.84. The van der Waals surface area contributed by atoms with Crippen molar-refractivity contribution in [3.05, 3.63) is 53.9 Å². The van der Waals surface area contributed by atoms with Crippen LogP contribution in [0.3, 0.4) is 0 Å². The maximum Gasteiger partial charge on any atom is 0.138 e. The Hall–Kier alpha value is -2.07. The number of aromatic hydroxyl groups is 1. The summed E-state index contributed by atoms with van der Waals surface area (Å²) in [5, 5.41) is 12.9. The monoisotopic (exact) mass is 272 g/mol. The van der Waals surface area contributed by atoms with E-state index < -0.39 is 0 Å². The molecule has 0 spiro atoms. The Kier molecular flexibility index (Phi) is 5.38. The van der Waals surface area contributed by atoms with Crippen molar-refractivity contribution in [2.75, 3.05) is 13.2 Å². The molecule has 1 aromatic heterocycles. The van der Waals surface area contributed by atoms with E-state index in [0.717, 1.165) is 24.4 Å². The molecular formula is C16H20N2O2. The van der Waals surface area contributed by atoms with Gasteiger partial charge in [-0.3, -0.25) is 4.98 Å². The van der Waals surface area contributed by atoms with Gasteiger partial charge < -0.3 is 15.2 Å². The van der Waals surface area contributed by atoms with Crippen LogP contribution in [0.5, 0.6) is 11.5 Å². The fourth-order valence-electron chi connectivity index (χ4n) is 1.84. The van der Waals surface area contributed by atoms with Crippen molar-refractivity contribution < 1.29 is 9.84 Å². The molecule has 0 fully saturated rings. The Balaban J connectivity index is 1.63. The molecular weight excluding hydrogens is 252 g/mol. The molecule has 0 atom stereocenters. The third-order valence-corrected chi connectivity index (χ3v) is 2.89. The molecule has 4 nitrogen and oxygen atoms in total. The Morgan fingerprint density at radius 3 is 2.75 bits per heavy atom. The second-order valence-corrected chi connectivity index (χ2v) is 4.61. The first-order valence-corrected chi connectivity index (χ1v) is 6.80. The van der Waals surface area contributed by atoms with Gasteiger partial charge in [-0.15, -0.1) is 0 Å². The number of nitrogens with zero attached hydrogens (tertiary/aromatic N) is 1. The molecule has 0 aliphatic rings. The molecule has 0 radical (unpaired) electrons. The molecule has 20 heavy (non-hydrogen) atoms. The minimum absolute atomic E-state index is 0.239. The lowest BCUT2D eigenvalue weighted by Gasteiger charge is -2.08. The van der Waals surface area contributed by atoms with Crippen molar-refractivity contribution >= 4 is 0 Å². The maximum absolute atomic E-state index is 9.66. The third kappa shape index (κ3) is 4.55. The highest BCUT2D eigenvalue weighted by atomic mass is 16.5. The molecule has 0 amide bonds. The zero-order valence-electron chi connectivity index (χ0n) is 11.7. The van der Waals surface area contributed by atoms with Crippen LogP contribution in [-0.4, -0.2) is 23.2 Å². The molecule has 2 rings (SSSR count). The number of nitrogens with one attached hydrogen (secondary N) is 1. The lowest BCUT2D eigenvalue weighted by molar-refractivity contribution is 0.307. The minimum atomic E-state index is 0.239. The van der Waals surface area contributed by atoms with Gasteiger partial charge in [-0.05, 0) is 44.2 Å². The summed E-state index contributed by atoms with van der Waals surface area (Å²) >= 11 is 0. The van der Waals surface area contributed by atoms with Crippen LogP contribution in [0.2, 0.25) is 0 Å². The third-order valence-electron chi connectivity index (χ3n) is 2.89. The minimum Gasteiger partial charge on any atom is -0.506 e. The zero-order chi connectivity index (χ0) is 14.2. The van der Waals surface area contributed by atoms with Crippen LogP contribution in [0.25, 0.3) is 0 Å². The van der Waals surface area contributed by atoms with Gasteiger partial charge >= 0.3 is 0 Å². The topological polar surface area (TPSA) is 54.4 Å². The summed E-state index contributed by atoms with van der Waals surface area (Å²) in [6.45, 7) is 3.97. The summed E-state index contributed by atoms with van der Waals surface area (Å²) in [7, 11) is 0. The molecule has 4 heteroatoms. The smallest absolute Gasteiger partial charge is 0.138 e. The van der Waals surface area contributed by atoms with Crippen LogP contribution in [0.15, 0.2) is 42.5 Å². The largest absolute Gasteiger partial charge is 0.506 e. The first-order chi connectivity index (χ1) is 9.75. The Morgan fingerprint density at radius 2 is 1.95 bits per heavy atom. The van der Waals surface area contributed by atoms with E-state index in [1.54, 1.807) is 12.1 Å². The molecule has 2 aromatic rings. The van der Waals surface area contributed by atoms with Gasteiger partial charge in [0.25, 0.3) is 0 Å². The molecule has 0 saturated carbocycles. The van der Waals surface area contributed by atoms with E-state index in [2.05, 4.69) is 10.3 Å². The molecule has 2 N–H and O–H groups in total. The predicted molar refractivity (Wildman–Crippen MR) is 78.9 cm³/mol. The van der Waals surface area contributed by atoms with Crippen LogP contribution >= 0.6 is 0 Å². The van der Waals surface area contributed by atoms with E-state index in [1.807, 2.05) is 37.3 Å². The standard InChI is InChI=1S/C16H20N2O2/c1-13-8-9-16(19)15(18-13)12-17-10-5-11-20-14-6-3-2-4-7-14/h2-4,6-9,17,19H,5,10-12H2,1H3. The molecule has 1 aromatic carbocycles. The quantitative estimate of drug-likeness (QED) is 0.761. The summed E-state index contributed by atoms with van der Waals surface area (Å²) < 4.78 is 5.60. The van der Waals surface area contributed by atoms with Crippen LogP contribution in [0.4, 0.5) is 0 Å². The first-order valence-electron chi connectivity index (χ1n) is 6.80. The zero-order valence-corrected chi connectivity index (χ0v) is 11.7. The van der Waals surface area contributed by atoms with Gasteiger partial charge in [0.15, 0.2) is 0 Å². The molecule has 106 valence electrons. The van der Waals surface area contributed by atoms with Crippen molar-refractivity contribution in [3.63, 3.8) is 0 Å². The highest BCUT2D eigenvalue weighted by Crippen LogP contribution is 2.14. The fraction of sp³-hybridized carbons (Fsp3) is 0.312. The molecule has 0 unspecified atom stereocenters. The number of aryl methyl sites for hydroxylation is 1. The summed E-state index contributed by atoms with van der Waals surface area (Å²) in [5.41, 5.74) is 1.60.